The minimum Gasteiger partial charge on any atom is -0.465 e. The summed E-state index contributed by atoms with van der Waals surface area (Å²) in [4.78, 5) is 26.7. The number of anilines is 1. The third kappa shape index (κ3) is 2.80. The van der Waals surface area contributed by atoms with Gasteiger partial charge in [-0.3, -0.25) is 4.79 Å². The fraction of sp³-hybridized carbons (Fsp3) is 0.571. The number of amides is 1. The monoisotopic (exact) mass is 296 g/mol. The van der Waals surface area contributed by atoms with Crippen LogP contribution in [0.1, 0.15) is 47.0 Å². The number of carbonyl (C=O) groups is 2. The zero-order valence-corrected chi connectivity index (χ0v) is 12.7. The number of ether oxygens (including phenoxy) is 1. The molecule has 1 aromatic rings. The van der Waals surface area contributed by atoms with Crippen molar-refractivity contribution in [2.75, 3.05) is 19.4 Å². The zero-order chi connectivity index (χ0) is 14.7. The molecule has 0 fully saturated rings. The molecule has 0 bridgehead atoms. The number of esters is 1. The highest BCUT2D eigenvalue weighted by atomic mass is 32.1. The van der Waals surface area contributed by atoms with Crippen LogP contribution in [0.15, 0.2) is 0 Å². The highest BCUT2D eigenvalue weighted by molar-refractivity contribution is 7.16. The lowest BCUT2D eigenvalue weighted by atomic mass is 10.0. The molecule has 0 saturated heterocycles. The number of hydrogen-bond donors (Lipinski definition) is 1. The van der Waals surface area contributed by atoms with Crippen molar-refractivity contribution in [1.82, 2.24) is 4.90 Å². The minimum atomic E-state index is -0.384. The van der Waals surface area contributed by atoms with Crippen molar-refractivity contribution in [2.24, 2.45) is 0 Å². The Bertz CT molecular complexity index is 525. The van der Waals surface area contributed by atoms with Crippen LogP contribution < -0.4 is 5.73 Å². The lowest BCUT2D eigenvalue weighted by molar-refractivity contribution is -0.132. The molecule has 0 saturated carbocycles. The molecule has 1 aliphatic rings. The molecule has 2 rings (SSSR count). The van der Waals surface area contributed by atoms with Gasteiger partial charge in [0, 0.05) is 17.8 Å². The van der Waals surface area contributed by atoms with Crippen LogP contribution in [-0.2, 0) is 22.5 Å². The quantitative estimate of drug-likeness (QED) is 0.864. The number of thiophene rings is 1. The Kier molecular flexibility index (Phi) is 4.65. The molecule has 2 heterocycles. The topological polar surface area (TPSA) is 72.6 Å². The number of hydrogen-bond acceptors (Lipinski definition) is 5. The summed E-state index contributed by atoms with van der Waals surface area (Å²) in [6.07, 6.45) is 3.20. The number of methoxy groups -OCH3 is 1. The van der Waals surface area contributed by atoms with Crippen molar-refractivity contribution in [3.05, 3.63) is 16.0 Å². The second kappa shape index (κ2) is 6.26. The van der Waals surface area contributed by atoms with Crippen LogP contribution in [0.25, 0.3) is 0 Å². The largest absolute Gasteiger partial charge is 0.465 e. The number of carbonyl (C=O) groups excluding carboxylic acids is 2. The number of fused-ring (bicyclic) bond motifs is 1. The summed E-state index contributed by atoms with van der Waals surface area (Å²) in [6, 6.07) is 0. The maximum atomic E-state index is 12.1. The molecule has 110 valence electrons. The summed E-state index contributed by atoms with van der Waals surface area (Å²) in [5.74, 6) is -0.199. The van der Waals surface area contributed by atoms with Crippen LogP contribution in [-0.4, -0.2) is 30.4 Å². The molecule has 0 radical (unpaired) electrons. The van der Waals surface area contributed by atoms with Gasteiger partial charge in [0.25, 0.3) is 0 Å². The van der Waals surface area contributed by atoms with E-state index in [1.54, 1.807) is 0 Å². The van der Waals surface area contributed by atoms with Crippen molar-refractivity contribution < 1.29 is 14.3 Å². The first kappa shape index (κ1) is 14.8. The number of unbranched alkanes of at least 4 members (excludes halogenated alkanes) is 1. The molecule has 5 nitrogen and oxygen atoms in total. The molecule has 1 aliphatic heterocycles. The second-order valence-electron chi connectivity index (χ2n) is 4.90. The average Bonchev–Trinajstić information content (AvgIpc) is 2.78. The maximum absolute atomic E-state index is 12.1. The van der Waals surface area contributed by atoms with E-state index < -0.39 is 0 Å². The second-order valence-corrected chi connectivity index (χ2v) is 6.04. The number of nitrogens with two attached hydrogens (primary N) is 1. The van der Waals surface area contributed by atoms with Crippen LogP contribution in [0.3, 0.4) is 0 Å². The van der Waals surface area contributed by atoms with Crippen LogP contribution in [0.2, 0.25) is 0 Å². The van der Waals surface area contributed by atoms with Crippen LogP contribution in [0.4, 0.5) is 5.00 Å². The van der Waals surface area contributed by atoms with Crippen LogP contribution >= 0.6 is 11.3 Å². The normalized spacial score (nSPS) is 14.0. The van der Waals surface area contributed by atoms with E-state index in [1.165, 1.54) is 18.4 Å². The predicted octanol–water partition coefficient (Wildman–Crippen LogP) is 2.19. The van der Waals surface area contributed by atoms with E-state index in [-0.39, 0.29) is 11.9 Å². The fourth-order valence-corrected chi connectivity index (χ4v) is 3.57. The molecule has 0 aliphatic carbocycles. The lowest BCUT2D eigenvalue weighted by Crippen LogP contribution is -2.35. The zero-order valence-electron chi connectivity index (χ0n) is 11.9. The molecule has 6 heteroatoms. The lowest BCUT2D eigenvalue weighted by Gasteiger charge is -2.27. The van der Waals surface area contributed by atoms with Gasteiger partial charge in [0.15, 0.2) is 0 Å². The highest BCUT2D eigenvalue weighted by Gasteiger charge is 2.28. The Morgan fingerprint density at radius 2 is 2.20 bits per heavy atom. The maximum Gasteiger partial charge on any atom is 0.341 e. The van der Waals surface area contributed by atoms with Gasteiger partial charge in [-0.15, -0.1) is 11.3 Å². The summed E-state index contributed by atoms with van der Waals surface area (Å²) < 4.78 is 4.78. The van der Waals surface area contributed by atoms with Crippen molar-refractivity contribution in [3.8, 4) is 0 Å². The summed E-state index contributed by atoms with van der Waals surface area (Å²) in [7, 11) is 1.36. The first-order valence-corrected chi connectivity index (χ1v) is 7.66. The van der Waals surface area contributed by atoms with Gasteiger partial charge in [-0.2, -0.15) is 0 Å². The van der Waals surface area contributed by atoms with Crippen LogP contribution in [0.5, 0.6) is 0 Å². The average molecular weight is 296 g/mol. The molecular formula is C14H20N2O3S. The van der Waals surface area contributed by atoms with E-state index >= 15 is 0 Å². The van der Waals surface area contributed by atoms with Gasteiger partial charge in [-0.05, 0) is 18.4 Å². The van der Waals surface area contributed by atoms with E-state index in [4.69, 9.17) is 10.5 Å². The Hall–Kier alpha value is -1.56. The first-order chi connectivity index (χ1) is 9.58. The fourth-order valence-electron chi connectivity index (χ4n) is 2.45. The van der Waals surface area contributed by atoms with Crippen LogP contribution in [0, 0.1) is 0 Å². The summed E-state index contributed by atoms with van der Waals surface area (Å²) in [5.41, 5.74) is 7.36. The van der Waals surface area contributed by atoms with Crippen molar-refractivity contribution >= 4 is 28.2 Å². The van der Waals surface area contributed by atoms with Gasteiger partial charge in [0.05, 0.1) is 19.2 Å². The number of nitrogen functional groups attached to an aromatic ring is 1. The van der Waals surface area contributed by atoms with E-state index in [2.05, 4.69) is 6.92 Å². The van der Waals surface area contributed by atoms with Crippen molar-refractivity contribution in [2.45, 2.75) is 39.2 Å². The molecule has 20 heavy (non-hydrogen) atoms. The van der Waals surface area contributed by atoms with Gasteiger partial charge in [-0.1, -0.05) is 13.3 Å². The molecule has 0 unspecified atom stereocenters. The smallest absolute Gasteiger partial charge is 0.341 e. The SMILES string of the molecule is CCCCC(=O)N1CCc2c(sc(N)c2C(=O)OC)C1. The van der Waals surface area contributed by atoms with Gasteiger partial charge in [0.2, 0.25) is 5.91 Å². The van der Waals surface area contributed by atoms with E-state index in [0.717, 1.165) is 23.3 Å². The standard InChI is InChI=1S/C14H20N2O3S/c1-3-4-5-11(17)16-7-6-9-10(8-16)20-13(15)12(9)14(18)19-2/h3-8,15H2,1-2H3. The van der Waals surface area contributed by atoms with E-state index in [1.807, 2.05) is 4.90 Å². The van der Waals surface area contributed by atoms with E-state index in [0.29, 0.717) is 36.5 Å². The van der Waals surface area contributed by atoms with Gasteiger partial charge >= 0.3 is 5.97 Å². The first-order valence-electron chi connectivity index (χ1n) is 6.84. The number of nitrogens with zero attached hydrogens (tertiary/aromatic N) is 1. The summed E-state index contributed by atoms with van der Waals surface area (Å²) >= 11 is 1.39. The molecule has 0 atom stereocenters. The molecule has 0 aromatic carbocycles. The summed E-state index contributed by atoms with van der Waals surface area (Å²) in [6.45, 7) is 3.28. The third-order valence-electron chi connectivity index (χ3n) is 3.57. The Balaban J connectivity index is 2.16. The van der Waals surface area contributed by atoms with Gasteiger partial charge < -0.3 is 15.4 Å². The Morgan fingerprint density at radius 1 is 1.45 bits per heavy atom. The molecule has 2 N–H and O–H groups in total. The molecule has 1 aromatic heterocycles. The minimum absolute atomic E-state index is 0.184. The highest BCUT2D eigenvalue weighted by Crippen LogP contribution is 2.35. The molecule has 1 amide bonds. The Labute approximate surface area is 122 Å². The molecule has 0 spiro atoms. The van der Waals surface area contributed by atoms with Gasteiger partial charge in [-0.25, -0.2) is 4.79 Å². The van der Waals surface area contributed by atoms with Gasteiger partial charge in [0.1, 0.15) is 5.00 Å². The molecular weight excluding hydrogens is 276 g/mol. The predicted molar refractivity (Wildman–Crippen MR) is 78.7 cm³/mol. The Morgan fingerprint density at radius 3 is 2.85 bits per heavy atom. The van der Waals surface area contributed by atoms with Crippen molar-refractivity contribution in [3.63, 3.8) is 0 Å². The number of rotatable bonds is 4. The van der Waals surface area contributed by atoms with Crippen molar-refractivity contribution in [1.29, 1.82) is 0 Å². The third-order valence-corrected chi connectivity index (χ3v) is 4.62. The summed E-state index contributed by atoms with van der Waals surface area (Å²) in [5, 5.41) is 0.490. The van der Waals surface area contributed by atoms with E-state index in [9.17, 15) is 9.59 Å².